The molecule has 0 unspecified atom stereocenters. The van der Waals surface area contributed by atoms with E-state index in [4.69, 9.17) is 9.47 Å². The van der Waals surface area contributed by atoms with E-state index in [9.17, 15) is 4.79 Å². The van der Waals surface area contributed by atoms with Crippen molar-refractivity contribution in [2.75, 3.05) is 14.2 Å². The lowest BCUT2D eigenvalue weighted by molar-refractivity contribution is -0.113. The Balaban J connectivity index is 1.96. The van der Waals surface area contributed by atoms with Crippen LogP contribution in [0.1, 0.15) is 44.7 Å². The Labute approximate surface area is 174 Å². The van der Waals surface area contributed by atoms with Crippen molar-refractivity contribution < 1.29 is 14.3 Å². The summed E-state index contributed by atoms with van der Waals surface area (Å²) in [5.74, 6) is 2.19. The minimum atomic E-state index is 0.124. The van der Waals surface area contributed by atoms with Crippen molar-refractivity contribution in [3.8, 4) is 11.5 Å². The van der Waals surface area contributed by atoms with Crippen LogP contribution in [0.5, 0.6) is 11.5 Å². The molecule has 3 heteroatoms. The fourth-order valence-corrected chi connectivity index (χ4v) is 3.66. The second-order valence-electron chi connectivity index (χ2n) is 8.69. The summed E-state index contributed by atoms with van der Waals surface area (Å²) in [6, 6.07) is 15.7. The molecule has 1 aliphatic rings. The van der Waals surface area contributed by atoms with E-state index >= 15 is 0 Å². The third-order valence-electron chi connectivity index (χ3n) is 5.65. The first-order chi connectivity index (χ1) is 13.8. The van der Waals surface area contributed by atoms with Gasteiger partial charge >= 0.3 is 0 Å². The number of methoxy groups -OCH3 is 2. The van der Waals surface area contributed by atoms with Crippen LogP contribution in [0.4, 0.5) is 0 Å². The van der Waals surface area contributed by atoms with Crippen LogP contribution in [0, 0.1) is 11.3 Å². The second kappa shape index (κ2) is 8.69. The van der Waals surface area contributed by atoms with Gasteiger partial charge in [-0.15, -0.1) is 0 Å². The van der Waals surface area contributed by atoms with Gasteiger partial charge in [0.05, 0.1) is 14.2 Å². The maximum atomic E-state index is 13.3. The summed E-state index contributed by atoms with van der Waals surface area (Å²) in [5.41, 5.74) is 3.92. The fourth-order valence-electron chi connectivity index (χ4n) is 3.66. The van der Waals surface area contributed by atoms with Crippen LogP contribution in [-0.2, 0) is 4.79 Å². The van der Waals surface area contributed by atoms with Gasteiger partial charge in [0.15, 0.2) is 5.78 Å². The average molecular weight is 391 g/mol. The van der Waals surface area contributed by atoms with Crippen molar-refractivity contribution in [1.29, 1.82) is 0 Å². The highest BCUT2D eigenvalue weighted by Gasteiger charge is 2.34. The molecule has 2 aromatic carbocycles. The molecule has 0 amide bonds. The van der Waals surface area contributed by atoms with Crippen LogP contribution in [0.15, 0.2) is 59.7 Å². The third-order valence-corrected chi connectivity index (χ3v) is 5.65. The first kappa shape index (κ1) is 20.9. The van der Waals surface area contributed by atoms with E-state index < -0.39 is 0 Å². The molecule has 29 heavy (non-hydrogen) atoms. The molecule has 0 bridgehead atoms. The molecule has 0 atom stereocenters. The van der Waals surface area contributed by atoms with E-state index in [-0.39, 0.29) is 11.2 Å². The number of ether oxygens (including phenoxy) is 2. The molecule has 0 aliphatic heterocycles. The van der Waals surface area contributed by atoms with Gasteiger partial charge in [-0.25, -0.2) is 0 Å². The molecular formula is C26H30O3. The summed E-state index contributed by atoms with van der Waals surface area (Å²) in [7, 11) is 3.31. The third kappa shape index (κ3) is 5.17. The Morgan fingerprint density at radius 3 is 1.45 bits per heavy atom. The van der Waals surface area contributed by atoms with Gasteiger partial charge in [0, 0.05) is 11.1 Å². The van der Waals surface area contributed by atoms with Gasteiger partial charge in [-0.05, 0) is 71.7 Å². The highest BCUT2D eigenvalue weighted by Crippen LogP contribution is 2.42. The molecule has 0 aromatic heterocycles. The number of carbonyl (C=O) groups is 1. The number of benzene rings is 2. The zero-order chi connectivity index (χ0) is 21.0. The molecule has 1 aliphatic carbocycles. The van der Waals surface area contributed by atoms with Crippen LogP contribution < -0.4 is 9.47 Å². The molecule has 152 valence electrons. The van der Waals surface area contributed by atoms with Gasteiger partial charge in [0.25, 0.3) is 0 Å². The zero-order valence-electron chi connectivity index (χ0n) is 18.0. The highest BCUT2D eigenvalue weighted by atomic mass is 16.5. The molecule has 1 fully saturated rings. The Kier molecular flexibility index (Phi) is 6.26. The molecule has 0 heterocycles. The zero-order valence-corrected chi connectivity index (χ0v) is 18.0. The van der Waals surface area contributed by atoms with E-state index in [0.717, 1.165) is 46.6 Å². The summed E-state index contributed by atoms with van der Waals surface area (Å²) >= 11 is 0. The van der Waals surface area contributed by atoms with Crippen molar-refractivity contribution >= 4 is 17.9 Å². The summed E-state index contributed by atoms with van der Waals surface area (Å²) in [4.78, 5) is 13.3. The number of allylic oxidation sites excluding steroid dienone is 2. The van der Waals surface area contributed by atoms with Crippen LogP contribution in [-0.4, -0.2) is 20.0 Å². The summed E-state index contributed by atoms with van der Waals surface area (Å²) in [6.45, 7) is 6.76. The van der Waals surface area contributed by atoms with Gasteiger partial charge in [-0.2, -0.15) is 0 Å². The quantitative estimate of drug-likeness (QED) is 0.583. The number of hydrogen-bond donors (Lipinski definition) is 0. The molecule has 1 saturated carbocycles. The molecule has 3 nitrogen and oxygen atoms in total. The fraction of sp³-hybridized carbons (Fsp3) is 0.346. The summed E-state index contributed by atoms with van der Waals surface area (Å²) in [6.07, 6.45) is 5.66. The second-order valence-corrected chi connectivity index (χ2v) is 8.69. The smallest absolute Gasteiger partial charge is 0.185 e. The SMILES string of the molecule is COc1ccc(/C=C2\CC(C(C)(C)C)C/C(=C\c3ccc(OC)cc3)C2=O)cc1. The predicted molar refractivity (Wildman–Crippen MR) is 119 cm³/mol. The lowest BCUT2D eigenvalue weighted by Crippen LogP contribution is -2.29. The molecule has 0 N–H and O–H groups in total. The van der Waals surface area contributed by atoms with E-state index in [0.29, 0.717) is 5.92 Å². The van der Waals surface area contributed by atoms with Crippen LogP contribution >= 0.6 is 0 Å². The minimum absolute atomic E-state index is 0.124. The van der Waals surface area contributed by atoms with Gasteiger partial charge in [0.2, 0.25) is 0 Å². The van der Waals surface area contributed by atoms with E-state index in [2.05, 4.69) is 20.8 Å². The lowest BCUT2D eigenvalue weighted by Gasteiger charge is -2.35. The first-order valence-corrected chi connectivity index (χ1v) is 10.0. The number of rotatable bonds is 4. The monoisotopic (exact) mass is 390 g/mol. The van der Waals surface area contributed by atoms with Crippen molar-refractivity contribution in [2.45, 2.75) is 33.6 Å². The van der Waals surface area contributed by atoms with Gasteiger partial charge in [-0.3, -0.25) is 4.79 Å². The standard InChI is InChI=1S/C26H30O3/c1-26(2,3)22-16-20(14-18-6-10-23(28-4)11-7-18)25(27)21(17-22)15-19-8-12-24(29-5)13-9-19/h6-15,22H,16-17H2,1-5H3/b20-14+,21-15+. The number of carbonyl (C=O) groups excluding carboxylic acids is 1. The Hall–Kier alpha value is -2.81. The van der Waals surface area contributed by atoms with Crippen LogP contribution in [0.3, 0.4) is 0 Å². The molecule has 0 radical (unpaired) electrons. The molecule has 0 saturated heterocycles. The maximum Gasteiger partial charge on any atom is 0.185 e. The van der Waals surface area contributed by atoms with Crippen molar-refractivity contribution in [1.82, 2.24) is 0 Å². The van der Waals surface area contributed by atoms with Crippen LogP contribution in [0.2, 0.25) is 0 Å². The predicted octanol–water partition coefficient (Wildman–Crippen LogP) is 6.20. The number of hydrogen-bond acceptors (Lipinski definition) is 3. The Morgan fingerprint density at radius 2 is 1.14 bits per heavy atom. The maximum absolute atomic E-state index is 13.3. The number of Topliss-reactive ketones (excluding diaryl/α,β-unsaturated/α-hetero) is 1. The molecular weight excluding hydrogens is 360 g/mol. The van der Waals surface area contributed by atoms with Crippen LogP contribution in [0.25, 0.3) is 12.2 Å². The molecule has 3 rings (SSSR count). The van der Waals surface area contributed by atoms with Crippen molar-refractivity contribution in [3.63, 3.8) is 0 Å². The van der Waals surface area contributed by atoms with E-state index in [1.807, 2.05) is 60.7 Å². The minimum Gasteiger partial charge on any atom is -0.497 e. The van der Waals surface area contributed by atoms with Crippen molar-refractivity contribution in [3.05, 3.63) is 70.8 Å². The Bertz CT molecular complexity index is 840. The number of ketones is 1. The topological polar surface area (TPSA) is 35.5 Å². The van der Waals surface area contributed by atoms with Gasteiger partial charge in [0.1, 0.15) is 11.5 Å². The largest absolute Gasteiger partial charge is 0.497 e. The molecule has 0 spiro atoms. The summed E-state index contributed by atoms with van der Waals surface area (Å²) < 4.78 is 10.5. The first-order valence-electron chi connectivity index (χ1n) is 10.0. The Morgan fingerprint density at radius 1 is 0.759 bits per heavy atom. The highest BCUT2D eigenvalue weighted by molar-refractivity contribution is 6.14. The normalized spacial score (nSPS) is 20.2. The van der Waals surface area contributed by atoms with E-state index in [1.54, 1.807) is 14.2 Å². The van der Waals surface area contributed by atoms with Gasteiger partial charge < -0.3 is 9.47 Å². The van der Waals surface area contributed by atoms with Crippen molar-refractivity contribution in [2.24, 2.45) is 11.3 Å². The average Bonchev–Trinajstić information content (AvgIpc) is 2.71. The lowest BCUT2D eigenvalue weighted by atomic mass is 9.68. The summed E-state index contributed by atoms with van der Waals surface area (Å²) in [5, 5.41) is 0. The van der Waals surface area contributed by atoms with E-state index in [1.165, 1.54) is 0 Å². The van der Waals surface area contributed by atoms with Gasteiger partial charge in [-0.1, -0.05) is 45.0 Å². The molecule has 2 aromatic rings.